The second-order valence-corrected chi connectivity index (χ2v) is 6.58. The number of hydrogen-bond acceptors (Lipinski definition) is 7. The summed E-state index contributed by atoms with van der Waals surface area (Å²) in [5.74, 6) is 0.129. The van der Waals surface area contributed by atoms with E-state index in [-0.39, 0.29) is 17.6 Å². The molecule has 162 valence electrons. The highest BCUT2D eigenvalue weighted by atomic mass is 16.5. The van der Waals surface area contributed by atoms with Crippen molar-refractivity contribution in [2.45, 2.75) is 13.0 Å². The summed E-state index contributed by atoms with van der Waals surface area (Å²) in [6.07, 6.45) is 1.45. The normalized spacial score (nSPS) is 11.5. The molecule has 1 aromatic heterocycles. The van der Waals surface area contributed by atoms with Crippen LogP contribution in [0.4, 0.5) is 0 Å². The lowest BCUT2D eigenvalue weighted by molar-refractivity contribution is 0.0935. The average Bonchev–Trinajstić information content (AvgIpc) is 3.28. The molecule has 3 rings (SSSR count). The van der Waals surface area contributed by atoms with Gasteiger partial charge < -0.3 is 25.3 Å². The first-order valence-corrected chi connectivity index (χ1v) is 9.31. The summed E-state index contributed by atoms with van der Waals surface area (Å²) >= 11 is 0. The molecule has 3 aromatic rings. The molecule has 0 aliphatic heterocycles. The van der Waals surface area contributed by atoms with E-state index in [9.17, 15) is 9.59 Å². The fourth-order valence-corrected chi connectivity index (χ4v) is 3.06. The van der Waals surface area contributed by atoms with E-state index in [1.54, 1.807) is 24.3 Å². The first-order chi connectivity index (χ1) is 14.9. The number of carbonyl (C=O) groups is 2. The molecular weight excluding hydrogens is 402 g/mol. The van der Waals surface area contributed by atoms with Gasteiger partial charge in [-0.25, -0.2) is 4.68 Å². The van der Waals surface area contributed by atoms with Crippen molar-refractivity contribution in [1.29, 1.82) is 0 Å². The highest BCUT2D eigenvalue weighted by molar-refractivity contribution is 5.98. The zero-order valence-electron chi connectivity index (χ0n) is 17.6. The number of methoxy groups -OCH3 is 3. The number of aromatic nitrogens is 3. The first kappa shape index (κ1) is 21.6. The molecule has 2 amide bonds. The fourth-order valence-electron chi connectivity index (χ4n) is 3.06. The minimum absolute atomic E-state index is 0.0774. The highest BCUT2D eigenvalue weighted by Gasteiger charge is 2.22. The zero-order chi connectivity index (χ0) is 22.5. The van der Waals surface area contributed by atoms with Crippen molar-refractivity contribution in [2.24, 2.45) is 5.73 Å². The molecular formula is C21H23N5O5. The summed E-state index contributed by atoms with van der Waals surface area (Å²) in [5, 5.41) is 10.5. The number of nitrogens with two attached hydrogens (primary N) is 1. The van der Waals surface area contributed by atoms with E-state index in [4.69, 9.17) is 19.9 Å². The van der Waals surface area contributed by atoms with E-state index in [1.165, 1.54) is 32.2 Å². The Bertz CT molecular complexity index is 1090. The molecule has 0 aliphatic rings. The SMILES string of the molecule is COc1ccc(C(=O)NC(C)c2ccc(-n3cc(C(N)=O)nn3)cc2)c(OC)c1OC. The predicted octanol–water partition coefficient (Wildman–Crippen LogP) is 1.88. The van der Waals surface area contributed by atoms with Crippen LogP contribution in [0, 0.1) is 0 Å². The smallest absolute Gasteiger partial charge is 0.270 e. The third-order valence-electron chi connectivity index (χ3n) is 4.70. The molecule has 2 aromatic carbocycles. The van der Waals surface area contributed by atoms with Crippen LogP contribution in [-0.2, 0) is 0 Å². The Balaban J connectivity index is 1.77. The Morgan fingerprint density at radius 1 is 1.00 bits per heavy atom. The summed E-state index contributed by atoms with van der Waals surface area (Å²) in [7, 11) is 4.45. The molecule has 0 saturated carbocycles. The number of nitrogens with one attached hydrogen (secondary N) is 1. The molecule has 10 heteroatoms. The van der Waals surface area contributed by atoms with Gasteiger partial charge in [0, 0.05) is 0 Å². The average molecular weight is 425 g/mol. The molecule has 1 unspecified atom stereocenters. The van der Waals surface area contributed by atoms with E-state index in [2.05, 4.69) is 15.6 Å². The topological polar surface area (TPSA) is 131 Å². The molecule has 0 aliphatic carbocycles. The maximum Gasteiger partial charge on any atom is 0.270 e. The lowest BCUT2D eigenvalue weighted by atomic mass is 10.1. The standard InChI is InChI=1S/C21H23N5O5/c1-12(13-5-7-14(8-6-13)26-11-16(20(22)27)24-25-26)23-21(28)15-9-10-17(29-2)19(31-4)18(15)30-3/h5-12H,1-4H3,(H2,22,27)(H,23,28). The number of benzene rings is 2. The maximum absolute atomic E-state index is 12.9. The van der Waals surface area contributed by atoms with Gasteiger partial charge in [0.15, 0.2) is 17.2 Å². The van der Waals surface area contributed by atoms with E-state index in [0.29, 0.717) is 28.5 Å². The van der Waals surface area contributed by atoms with Crippen LogP contribution in [0.15, 0.2) is 42.6 Å². The molecule has 31 heavy (non-hydrogen) atoms. The van der Waals surface area contributed by atoms with Gasteiger partial charge >= 0.3 is 0 Å². The van der Waals surface area contributed by atoms with Gasteiger partial charge in [0.1, 0.15) is 0 Å². The Morgan fingerprint density at radius 3 is 2.23 bits per heavy atom. The Morgan fingerprint density at radius 2 is 1.68 bits per heavy atom. The minimum Gasteiger partial charge on any atom is -0.493 e. The molecule has 1 atom stereocenters. The monoisotopic (exact) mass is 425 g/mol. The minimum atomic E-state index is -0.648. The van der Waals surface area contributed by atoms with E-state index >= 15 is 0 Å². The molecule has 0 bridgehead atoms. The van der Waals surface area contributed by atoms with Gasteiger partial charge in [0.05, 0.1) is 44.8 Å². The van der Waals surface area contributed by atoms with Crippen LogP contribution in [0.3, 0.4) is 0 Å². The van der Waals surface area contributed by atoms with Crippen molar-refractivity contribution >= 4 is 11.8 Å². The Labute approximate surface area is 178 Å². The first-order valence-electron chi connectivity index (χ1n) is 9.31. The van der Waals surface area contributed by atoms with Gasteiger partial charge in [-0.05, 0) is 36.8 Å². The highest BCUT2D eigenvalue weighted by Crippen LogP contribution is 2.39. The second-order valence-electron chi connectivity index (χ2n) is 6.58. The molecule has 3 N–H and O–H groups in total. The summed E-state index contributed by atoms with van der Waals surface area (Å²) < 4.78 is 17.4. The van der Waals surface area contributed by atoms with E-state index in [1.807, 2.05) is 19.1 Å². The largest absolute Gasteiger partial charge is 0.493 e. The van der Waals surface area contributed by atoms with Crippen molar-refractivity contribution in [2.75, 3.05) is 21.3 Å². The lowest BCUT2D eigenvalue weighted by Crippen LogP contribution is -2.27. The van der Waals surface area contributed by atoms with Gasteiger partial charge in [-0.15, -0.1) is 5.10 Å². The number of ether oxygens (including phenoxy) is 3. The van der Waals surface area contributed by atoms with Crippen LogP contribution >= 0.6 is 0 Å². The molecule has 10 nitrogen and oxygen atoms in total. The van der Waals surface area contributed by atoms with Crippen LogP contribution in [0.25, 0.3) is 5.69 Å². The van der Waals surface area contributed by atoms with Crippen LogP contribution < -0.4 is 25.3 Å². The third-order valence-corrected chi connectivity index (χ3v) is 4.70. The van der Waals surface area contributed by atoms with Crippen LogP contribution in [0.2, 0.25) is 0 Å². The number of rotatable bonds is 8. The number of primary amides is 1. The second kappa shape index (κ2) is 9.16. The Hall–Kier alpha value is -4.08. The van der Waals surface area contributed by atoms with Gasteiger partial charge in [-0.3, -0.25) is 9.59 Å². The summed E-state index contributed by atoms with van der Waals surface area (Å²) in [4.78, 5) is 24.1. The molecule has 1 heterocycles. The molecule has 0 spiro atoms. The van der Waals surface area contributed by atoms with Crippen molar-refractivity contribution in [3.05, 3.63) is 59.4 Å². The van der Waals surface area contributed by atoms with E-state index in [0.717, 1.165) is 5.56 Å². The van der Waals surface area contributed by atoms with Gasteiger partial charge in [-0.2, -0.15) is 0 Å². The van der Waals surface area contributed by atoms with Crippen molar-refractivity contribution < 1.29 is 23.8 Å². The van der Waals surface area contributed by atoms with Crippen molar-refractivity contribution in [3.8, 4) is 22.9 Å². The van der Waals surface area contributed by atoms with Crippen LogP contribution in [0.1, 0.15) is 39.4 Å². The van der Waals surface area contributed by atoms with Crippen molar-refractivity contribution in [1.82, 2.24) is 20.3 Å². The maximum atomic E-state index is 12.9. The van der Waals surface area contributed by atoms with E-state index < -0.39 is 5.91 Å². The summed E-state index contributed by atoms with van der Waals surface area (Å²) in [5.41, 5.74) is 7.17. The summed E-state index contributed by atoms with van der Waals surface area (Å²) in [6, 6.07) is 10.3. The predicted molar refractivity (Wildman–Crippen MR) is 112 cm³/mol. The lowest BCUT2D eigenvalue weighted by Gasteiger charge is -2.18. The van der Waals surface area contributed by atoms with Crippen LogP contribution in [0.5, 0.6) is 17.2 Å². The van der Waals surface area contributed by atoms with Gasteiger partial charge in [-0.1, -0.05) is 17.3 Å². The number of hydrogen-bond donors (Lipinski definition) is 2. The molecule has 0 radical (unpaired) electrons. The van der Waals surface area contributed by atoms with Gasteiger partial charge in [0.2, 0.25) is 5.75 Å². The third kappa shape index (κ3) is 4.42. The Kier molecular flexibility index (Phi) is 6.39. The number of carbonyl (C=O) groups excluding carboxylic acids is 2. The number of nitrogens with zero attached hydrogens (tertiary/aromatic N) is 3. The van der Waals surface area contributed by atoms with Crippen LogP contribution in [-0.4, -0.2) is 48.1 Å². The fraction of sp³-hybridized carbons (Fsp3) is 0.238. The zero-order valence-corrected chi connectivity index (χ0v) is 17.6. The summed E-state index contributed by atoms with van der Waals surface area (Å²) in [6.45, 7) is 1.86. The number of amides is 2. The quantitative estimate of drug-likeness (QED) is 0.563. The molecule has 0 saturated heterocycles. The van der Waals surface area contributed by atoms with Gasteiger partial charge in [0.25, 0.3) is 11.8 Å². The van der Waals surface area contributed by atoms with Crippen molar-refractivity contribution in [3.63, 3.8) is 0 Å². The molecule has 0 fully saturated rings.